The number of carbonyl (C=O) groups excluding carboxylic acids is 2. The predicted molar refractivity (Wildman–Crippen MR) is 110 cm³/mol. The van der Waals surface area contributed by atoms with Crippen LogP contribution in [0.25, 0.3) is 0 Å². The summed E-state index contributed by atoms with van der Waals surface area (Å²) in [6.45, 7) is 6.04. The van der Waals surface area contributed by atoms with Crippen LogP contribution in [-0.2, 0) is 9.59 Å². The Morgan fingerprint density at radius 1 is 1.11 bits per heavy atom. The Kier molecular flexibility index (Phi) is 7.39. The van der Waals surface area contributed by atoms with Gasteiger partial charge in [-0.05, 0) is 55.7 Å². The summed E-state index contributed by atoms with van der Waals surface area (Å²) in [5.74, 6) is -0.364. The van der Waals surface area contributed by atoms with Gasteiger partial charge in [0, 0.05) is 23.8 Å². The van der Waals surface area contributed by atoms with Crippen LogP contribution in [0.3, 0.4) is 0 Å². The van der Waals surface area contributed by atoms with E-state index in [4.69, 9.17) is 11.6 Å². The summed E-state index contributed by atoms with van der Waals surface area (Å²) in [7, 11) is 1.62. The number of benzene rings is 2. The van der Waals surface area contributed by atoms with Gasteiger partial charge in [0.2, 0.25) is 11.8 Å². The van der Waals surface area contributed by atoms with Crippen LogP contribution in [0.1, 0.15) is 29.7 Å². The Balaban J connectivity index is 1.83. The third kappa shape index (κ3) is 6.38. The molecule has 0 fully saturated rings. The average molecular weight is 388 g/mol. The first-order valence-corrected chi connectivity index (χ1v) is 9.24. The van der Waals surface area contributed by atoms with Crippen LogP contribution in [-0.4, -0.2) is 36.9 Å². The summed E-state index contributed by atoms with van der Waals surface area (Å²) in [4.78, 5) is 26.0. The standard InChI is InChI=1S/C21H26ClN3O2/c1-14-5-6-15(2)19(11-14)24-20(26)13-25(4)21(27)12-23-16(3)17-7-9-18(22)10-8-17/h5-11,16,23H,12-13H2,1-4H3,(H,24,26)/t16-/m0/s1. The van der Waals surface area contributed by atoms with Crippen LogP contribution < -0.4 is 10.6 Å². The number of nitrogens with one attached hydrogen (secondary N) is 2. The number of halogens is 1. The molecule has 0 heterocycles. The first-order valence-electron chi connectivity index (χ1n) is 8.86. The van der Waals surface area contributed by atoms with Crippen LogP contribution in [0.2, 0.25) is 5.02 Å². The highest BCUT2D eigenvalue weighted by molar-refractivity contribution is 6.30. The van der Waals surface area contributed by atoms with E-state index < -0.39 is 0 Å². The summed E-state index contributed by atoms with van der Waals surface area (Å²) >= 11 is 5.89. The highest BCUT2D eigenvalue weighted by atomic mass is 35.5. The molecule has 0 aliphatic heterocycles. The average Bonchev–Trinajstić information content (AvgIpc) is 2.62. The lowest BCUT2D eigenvalue weighted by molar-refractivity contribution is -0.132. The molecule has 2 aromatic rings. The van der Waals surface area contributed by atoms with Crippen LogP contribution in [0.4, 0.5) is 5.69 Å². The molecule has 0 aromatic heterocycles. The molecule has 0 spiro atoms. The second-order valence-corrected chi connectivity index (χ2v) is 7.21. The highest BCUT2D eigenvalue weighted by Crippen LogP contribution is 2.17. The van der Waals surface area contributed by atoms with E-state index in [2.05, 4.69) is 10.6 Å². The van der Waals surface area contributed by atoms with Gasteiger partial charge in [0.25, 0.3) is 0 Å². The molecule has 2 N–H and O–H groups in total. The maximum Gasteiger partial charge on any atom is 0.243 e. The second kappa shape index (κ2) is 9.53. The zero-order valence-electron chi connectivity index (χ0n) is 16.2. The van der Waals surface area contributed by atoms with Crippen molar-refractivity contribution in [3.05, 3.63) is 64.2 Å². The first-order chi connectivity index (χ1) is 12.8. The minimum Gasteiger partial charge on any atom is -0.335 e. The molecule has 144 valence electrons. The van der Waals surface area contributed by atoms with E-state index in [-0.39, 0.29) is 30.9 Å². The van der Waals surface area contributed by atoms with Gasteiger partial charge in [0.1, 0.15) is 0 Å². The number of likely N-dealkylation sites (N-methyl/N-ethyl adjacent to an activating group) is 1. The van der Waals surface area contributed by atoms with E-state index in [1.54, 1.807) is 7.05 Å². The van der Waals surface area contributed by atoms with Crippen molar-refractivity contribution in [1.29, 1.82) is 0 Å². The van der Waals surface area contributed by atoms with Gasteiger partial charge in [-0.1, -0.05) is 35.9 Å². The molecule has 2 rings (SSSR count). The Labute approximate surface area is 165 Å². The minimum absolute atomic E-state index is 0.00314. The summed E-state index contributed by atoms with van der Waals surface area (Å²) in [5, 5.41) is 6.72. The molecule has 0 saturated heterocycles. The van der Waals surface area contributed by atoms with Crippen molar-refractivity contribution in [2.75, 3.05) is 25.5 Å². The van der Waals surface area contributed by atoms with E-state index in [0.717, 1.165) is 22.4 Å². The molecule has 2 aromatic carbocycles. The van der Waals surface area contributed by atoms with E-state index in [0.29, 0.717) is 5.02 Å². The molecule has 0 aliphatic carbocycles. The number of amides is 2. The smallest absolute Gasteiger partial charge is 0.243 e. The van der Waals surface area contributed by atoms with E-state index in [1.165, 1.54) is 4.90 Å². The molecule has 2 amide bonds. The molecule has 5 nitrogen and oxygen atoms in total. The Hall–Kier alpha value is -2.37. The molecule has 0 radical (unpaired) electrons. The van der Waals surface area contributed by atoms with Crippen molar-refractivity contribution < 1.29 is 9.59 Å². The van der Waals surface area contributed by atoms with Gasteiger partial charge < -0.3 is 15.5 Å². The lowest BCUT2D eigenvalue weighted by Crippen LogP contribution is -2.40. The van der Waals surface area contributed by atoms with Crippen molar-refractivity contribution in [3.8, 4) is 0 Å². The molecule has 1 atom stereocenters. The molecule has 0 saturated carbocycles. The van der Waals surface area contributed by atoms with Gasteiger partial charge in [0.15, 0.2) is 0 Å². The predicted octanol–water partition coefficient (Wildman–Crippen LogP) is 3.70. The Bertz CT molecular complexity index is 806. The third-order valence-electron chi connectivity index (χ3n) is 4.40. The van der Waals surface area contributed by atoms with E-state index in [1.807, 2.05) is 63.2 Å². The monoisotopic (exact) mass is 387 g/mol. The topological polar surface area (TPSA) is 61.4 Å². The number of hydrogen-bond donors (Lipinski definition) is 2. The Morgan fingerprint density at radius 3 is 2.44 bits per heavy atom. The van der Waals surface area contributed by atoms with E-state index >= 15 is 0 Å². The van der Waals surface area contributed by atoms with Crippen LogP contribution in [0, 0.1) is 13.8 Å². The fourth-order valence-electron chi connectivity index (χ4n) is 2.61. The number of carbonyl (C=O) groups is 2. The minimum atomic E-state index is -0.217. The van der Waals surface area contributed by atoms with Gasteiger partial charge in [-0.15, -0.1) is 0 Å². The second-order valence-electron chi connectivity index (χ2n) is 6.77. The molecular weight excluding hydrogens is 362 g/mol. The Morgan fingerprint density at radius 2 is 1.78 bits per heavy atom. The van der Waals surface area contributed by atoms with Crippen molar-refractivity contribution in [2.45, 2.75) is 26.8 Å². The lowest BCUT2D eigenvalue weighted by atomic mass is 10.1. The number of rotatable bonds is 7. The number of nitrogens with zero attached hydrogens (tertiary/aromatic N) is 1. The molecule has 0 aliphatic rings. The summed E-state index contributed by atoms with van der Waals surface area (Å²) in [6.07, 6.45) is 0. The normalized spacial score (nSPS) is 11.7. The molecule has 0 bridgehead atoms. The first kappa shape index (κ1) is 20.9. The summed E-state index contributed by atoms with van der Waals surface area (Å²) < 4.78 is 0. The fourth-order valence-corrected chi connectivity index (χ4v) is 2.73. The maximum absolute atomic E-state index is 12.3. The van der Waals surface area contributed by atoms with Crippen LogP contribution >= 0.6 is 11.6 Å². The van der Waals surface area contributed by atoms with Crippen LogP contribution in [0.15, 0.2) is 42.5 Å². The van der Waals surface area contributed by atoms with Gasteiger partial charge in [-0.25, -0.2) is 0 Å². The van der Waals surface area contributed by atoms with Gasteiger partial charge in [0.05, 0.1) is 13.1 Å². The maximum atomic E-state index is 12.3. The molecule has 27 heavy (non-hydrogen) atoms. The van der Waals surface area contributed by atoms with Crippen molar-refractivity contribution >= 4 is 29.1 Å². The van der Waals surface area contributed by atoms with E-state index in [9.17, 15) is 9.59 Å². The quantitative estimate of drug-likeness (QED) is 0.761. The van der Waals surface area contributed by atoms with Crippen molar-refractivity contribution in [3.63, 3.8) is 0 Å². The molecule has 0 unspecified atom stereocenters. The lowest BCUT2D eigenvalue weighted by Gasteiger charge is -2.20. The van der Waals surface area contributed by atoms with Crippen molar-refractivity contribution in [1.82, 2.24) is 10.2 Å². The SMILES string of the molecule is Cc1ccc(C)c(NC(=O)CN(C)C(=O)CN[C@@H](C)c2ccc(Cl)cc2)c1. The van der Waals surface area contributed by atoms with Gasteiger partial charge >= 0.3 is 0 Å². The van der Waals surface area contributed by atoms with Gasteiger partial charge in [-0.3, -0.25) is 9.59 Å². The largest absolute Gasteiger partial charge is 0.335 e. The van der Waals surface area contributed by atoms with Crippen LogP contribution in [0.5, 0.6) is 0 Å². The zero-order valence-corrected chi connectivity index (χ0v) is 16.9. The fraction of sp³-hybridized carbons (Fsp3) is 0.333. The number of aryl methyl sites for hydroxylation is 2. The van der Waals surface area contributed by atoms with Crippen molar-refractivity contribution in [2.24, 2.45) is 0 Å². The zero-order chi connectivity index (χ0) is 20.0. The number of anilines is 1. The number of hydrogen-bond acceptors (Lipinski definition) is 3. The molecule has 6 heteroatoms. The highest BCUT2D eigenvalue weighted by Gasteiger charge is 2.15. The molecular formula is C21H26ClN3O2. The summed E-state index contributed by atoms with van der Waals surface area (Å²) in [5.41, 5.74) is 3.87. The van der Waals surface area contributed by atoms with Gasteiger partial charge in [-0.2, -0.15) is 0 Å². The third-order valence-corrected chi connectivity index (χ3v) is 4.66. The summed E-state index contributed by atoms with van der Waals surface area (Å²) in [6, 6.07) is 13.4.